The van der Waals surface area contributed by atoms with Gasteiger partial charge in [0.2, 0.25) is 0 Å². The lowest BCUT2D eigenvalue weighted by molar-refractivity contribution is -0.161. The molecule has 3 unspecified atom stereocenters. The maximum atomic E-state index is 13.0. The number of ether oxygens (including phenoxy) is 4. The Morgan fingerprint density at radius 2 is 0.586 bits per heavy atom. The lowest BCUT2D eigenvalue weighted by Crippen LogP contribution is -2.30. The van der Waals surface area contributed by atoms with E-state index in [1.54, 1.807) is 0 Å². The van der Waals surface area contributed by atoms with Crippen LogP contribution in [0.2, 0.25) is 0 Å². The van der Waals surface area contributed by atoms with E-state index < -0.39 is 97.5 Å². The van der Waals surface area contributed by atoms with Crippen LogP contribution in [-0.2, 0) is 65.4 Å². The number of aliphatic hydroxyl groups excluding tert-OH is 1. The van der Waals surface area contributed by atoms with Crippen LogP contribution in [-0.4, -0.2) is 96.7 Å². The Kier molecular flexibility index (Phi) is 59.0. The summed E-state index contributed by atoms with van der Waals surface area (Å²) in [6.07, 6.45) is 44.8. The fraction of sp³-hybridized carbons (Fsp3) is 0.941. The van der Waals surface area contributed by atoms with Crippen LogP contribution in [0, 0.1) is 11.8 Å². The van der Waals surface area contributed by atoms with Crippen molar-refractivity contribution < 1.29 is 80.2 Å². The smallest absolute Gasteiger partial charge is 0.462 e. The van der Waals surface area contributed by atoms with Crippen LogP contribution in [0.4, 0.5) is 0 Å². The van der Waals surface area contributed by atoms with Crippen molar-refractivity contribution in [3.05, 3.63) is 0 Å². The minimum Gasteiger partial charge on any atom is -0.462 e. The van der Waals surface area contributed by atoms with Crippen molar-refractivity contribution in [1.82, 2.24) is 0 Å². The van der Waals surface area contributed by atoms with Crippen molar-refractivity contribution in [2.45, 2.75) is 362 Å². The van der Waals surface area contributed by atoms with Gasteiger partial charge in [-0.3, -0.25) is 37.3 Å². The molecule has 0 aliphatic heterocycles. The van der Waals surface area contributed by atoms with Gasteiger partial charge >= 0.3 is 39.5 Å². The average molecular weight is 1280 g/mol. The third-order valence-electron chi connectivity index (χ3n) is 16.1. The zero-order valence-electron chi connectivity index (χ0n) is 56.3. The molecule has 0 aromatic carbocycles. The predicted octanol–water partition coefficient (Wildman–Crippen LogP) is 19.2. The van der Waals surface area contributed by atoms with Crippen LogP contribution in [0.15, 0.2) is 0 Å². The van der Waals surface area contributed by atoms with E-state index in [9.17, 15) is 43.2 Å². The number of unbranched alkanes of at least 4 members (excludes halogenated alkanes) is 36. The summed E-state index contributed by atoms with van der Waals surface area (Å²) in [5.74, 6) is -0.611. The Labute approximate surface area is 530 Å². The fourth-order valence-electron chi connectivity index (χ4n) is 10.2. The highest BCUT2D eigenvalue weighted by molar-refractivity contribution is 7.47. The highest BCUT2D eigenvalue weighted by Gasteiger charge is 2.30. The van der Waals surface area contributed by atoms with Gasteiger partial charge in [-0.25, -0.2) is 9.13 Å². The zero-order chi connectivity index (χ0) is 64.3. The first-order valence-corrected chi connectivity index (χ1v) is 38.5. The summed E-state index contributed by atoms with van der Waals surface area (Å²) in [6, 6.07) is 0. The molecule has 17 nitrogen and oxygen atoms in total. The molecule has 516 valence electrons. The van der Waals surface area contributed by atoms with Gasteiger partial charge in [0.15, 0.2) is 12.2 Å². The maximum absolute atomic E-state index is 13.0. The molecular weight excluding hydrogens is 1150 g/mol. The standard InChI is InChI=1S/C68H132O17P2/c1-7-10-12-14-15-16-17-18-19-20-21-22-23-28-34-40-46-52-67(72)85-64(57-79-66(71)51-45-39-33-27-25-24-26-32-38-43-49-61(6)9-3)59-83-87(76,77)81-55-62(69)54-80-86(74,75)82-58-63(56-78-65(70)50-44-36-13-11-8-2)84-68(73)53-47-41-35-30-29-31-37-42-48-60(4)5/h60-64,69H,7-59H2,1-6H3,(H,74,75)(H,76,77)/t61?,62-,63+,64+/m0/s1. The minimum atomic E-state index is -4.95. The summed E-state index contributed by atoms with van der Waals surface area (Å²) < 4.78 is 68.0. The van der Waals surface area contributed by atoms with Gasteiger partial charge in [-0.05, 0) is 37.5 Å². The van der Waals surface area contributed by atoms with E-state index in [-0.39, 0.29) is 25.7 Å². The van der Waals surface area contributed by atoms with Gasteiger partial charge in [-0.2, -0.15) is 0 Å². The molecule has 0 heterocycles. The van der Waals surface area contributed by atoms with Crippen molar-refractivity contribution >= 4 is 39.5 Å². The first kappa shape index (κ1) is 85.1. The van der Waals surface area contributed by atoms with E-state index in [4.69, 9.17) is 37.0 Å². The first-order valence-electron chi connectivity index (χ1n) is 35.5. The number of rotatable bonds is 67. The molecule has 0 amide bonds. The van der Waals surface area contributed by atoms with Crippen LogP contribution in [0.5, 0.6) is 0 Å². The van der Waals surface area contributed by atoms with Crippen LogP contribution >= 0.6 is 15.6 Å². The second-order valence-corrected chi connectivity index (χ2v) is 28.2. The van der Waals surface area contributed by atoms with E-state index in [0.29, 0.717) is 25.7 Å². The number of esters is 4. The molecule has 0 bridgehead atoms. The molecule has 0 aliphatic carbocycles. The molecular formula is C68H132O17P2. The molecule has 3 N–H and O–H groups in total. The summed E-state index contributed by atoms with van der Waals surface area (Å²) >= 11 is 0. The Bertz CT molecular complexity index is 1700. The Morgan fingerprint density at radius 3 is 0.874 bits per heavy atom. The van der Waals surface area contributed by atoms with Crippen LogP contribution < -0.4 is 0 Å². The monoisotopic (exact) mass is 1280 g/mol. The molecule has 0 saturated carbocycles. The normalized spacial score (nSPS) is 14.5. The molecule has 0 saturated heterocycles. The van der Waals surface area contributed by atoms with E-state index in [1.165, 1.54) is 154 Å². The lowest BCUT2D eigenvalue weighted by Gasteiger charge is -2.21. The van der Waals surface area contributed by atoms with Crippen molar-refractivity contribution in [3.8, 4) is 0 Å². The Morgan fingerprint density at radius 1 is 0.333 bits per heavy atom. The van der Waals surface area contributed by atoms with Gasteiger partial charge in [-0.1, -0.05) is 292 Å². The predicted molar refractivity (Wildman–Crippen MR) is 349 cm³/mol. The number of phosphoric ester groups is 2. The summed E-state index contributed by atoms with van der Waals surface area (Å²) in [5, 5.41) is 10.5. The highest BCUT2D eigenvalue weighted by Crippen LogP contribution is 2.45. The Hall–Kier alpha value is -1.94. The summed E-state index contributed by atoms with van der Waals surface area (Å²) in [4.78, 5) is 72.2. The molecule has 0 radical (unpaired) electrons. The third kappa shape index (κ3) is 61.3. The number of phosphoric acid groups is 2. The van der Waals surface area contributed by atoms with Gasteiger partial charge in [0.25, 0.3) is 0 Å². The fourth-order valence-corrected chi connectivity index (χ4v) is 11.8. The van der Waals surface area contributed by atoms with E-state index in [2.05, 4.69) is 41.5 Å². The van der Waals surface area contributed by atoms with E-state index in [1.807, 2.05) is 0 Å². The number of carbonyl (C=O) groups excluding carboxylic acids is 4. The first-order chi connectivity index (χ1) is 41.9. The molecule has 19 heteroatoms. The van der Waals surface area contributed by atoms with Crippen molar-refractivity contribution in [1.29, 1.82) is 0 Å². The topological polar surface area (TPSA) is 237 Å². The molecule has 0 fully saturated rings. The van der Waals surface area contributed by atoms with Crippen LogP contribution in [0.1, 0.15) is 343 Å². The SMILES string of the molecule is CCCCCCCCCCCCCCCCCCCC(=O)O[C@H](COC(=O)CCCCCCCCCCCCC(C)CC)COP(=O)(O)OC[C@@H](O)COP(=O)(O)OC[C@@H](COC(=O)CCCCCCC)OC(=O)CCCCCCCCCCC(C)C. The van der Waals surface area contributed by atoms with Crippen LogP contribution in [0.25, 0.3) is 0 Å². The molecule has 87 heavy (non-hydrogen) atoms. The Balaban J connectivity index is 5.17. The van der Waals surface area contributed by atoms with Crippen molar-refractivity contribution in [2.24, 2.45) is 11.8 Å². The summed E-state index contributed by atoms with van der Waals surface area (Å²) in [6.45, 7) is 9.43. The molecule has 0 aromatic rings. The zero-order valence-corrected chi connectivity index (χ0v) is 58.1. The second-order valence-electron chi connectivity index (χ2n) is 25.3. The van der Waals surface area contributed by atoms with E-state index in [0.717, 1.165) is 108 Å². The average Bonchev–Trinajstić information content (AvgIpc) is 3.71. The van der Waals surface area contributed by atoms with Gasteiger partial charge < -0.3 is 33.8 Å². The molecule has 0 aliphatic rings. The molecule has 6 atom stereocenters. The lowest BCUT2D eigenvalue weighted by atomic mass is 9.99. The van der Waals surface area contributed by atoms with Gasteiger partial charge in [0.1, 0.15) is 19.3 Å². The van der Waals surface area contributed by atoms with Crippen LogP contribution in [0.3, 0.4) is 0 Å². The van der Waals surface area contributed by atoms with Gasteiger partial charge in [-0.15, -0.1) is 0 Å². The third-order valence-corrected chi connectivity index (χ3v) is 18.0. The van der Waals surface area contributed by atoms with E-state index >= 15 is 0 Å². The second kappa shape index (κ2) is 60.3. The number of hydrogen-bond acceptors (Lipinski definition) is 15. The number of aliphatic hydroxyl groups is 1. The summed E-state index contributed by atoms with van der Waals surface area (Å²) in [7, 11) is -9.89. The molecule has 0 rings (SSSR count). The molecule has 0 aromatic heterocycles. The van der Waals surface area contributed by atoms with Gasteiger partial charge in [0.05, 0.1) is 26.4 Å². The maximum Gasteiger partial charge on any atom is 0.472 e. The van der Waals surface area contributed by atoms with Crippen molar-refractivity contribution in [3.63, 3.8) is 0 Å². The number of hydrogen-bond donors (Lipinski definition) is 3. The number of carbonyl (C=O) groups is 4. The molecule has 0 spiro atoms. The quantitative estimate of drug-likeness (QED) is 0.0222. The minimum absolute atomic E-state index is 0.103. The summed E-state index contributed by atoms with van der Waals surface area (Å²) in [5.41, 5.74) is 0. The highest BCUT2D eigenvalue weighted by atomic mass is 31.2. The van der Waals surface area contributed by atoms with Gasteiger partial charge in [0, 0.05) is 25.7 Å². The van der Waals surface area contributed by atoms with Crippen molar-refractivity contribution in [2.75, 3.05) is 39.6 Å². The largest absolute Gasteiger partial charge is 0.472 e.